The number of aromatic nitrogens is 4. The number of nitrogens with two attached hydrogens (primary N) is 1. The highest BCUT2D eigenvalue weighted by Gasteiger charge is 2.49. The molecule has 1 fully saturated rings. The summed E-state index contributed by atoms with van der Waals surface area (Å²) in [5, 5.41) is 20.1. The summed E-state index contributed by atoms with van der Waals surface area (Å²) in [5.74, 6) is 2.09. The lowest BCUT2D eigenvalue weighted by atomic mass is 10.1. The van der Waals surface area contributed by atoms with Gasteiger partial charge in [-0.1, -0.05) is 24.4 Å². The van der Waals surface area contributed by atoms with Gasteiger partial charge in [0, 0.05) is 0 Å². The number of hydrogen-bond donors (Lipinski definition) is 3. The summed E-state index contributed by atoms with van der Waals surface area (Å²) in [4.78, 5) is 20.6. The lowest BCUT2D eigenvalue weighted by Crippen LogP contribution is -2.36. The number of ether oxygens (including phenoxy) is 1. The molecule has 0 aromatic carbocycles. The van der Waals surface area contributed by atoms with Gasteiger partial charge < -0.3 is 20.7 Å². The van der Waals surface area contributed by atoms with Crippen molar-refractivity contribution < 1.29 is 19.3 Å². The topological polar surface area (TPSA) is 128 Å². The fraction of sp³-hybridized carbons (Fsp3) is 0.533. The van der Waals surface area contributed by atoms with E-state index >= 15 is 0 Å². The first-order valence-corrected chi connectivity index (χ1v) is 8.22. The van der Waals surface area contributed by atoms with E-state index in [1.165, 1.54) is 0 Å². The summed E-state index contributed by atoms with van der Waals surface area (Å²) in [6, 6.07) is 0. The molecule has 1 unspecified atom stereocenters. The maximum atomic E-state index is 14.4. The Hall–Kier alpha value is -2.19. The van der Waals surface area contributed by atoms with Crippen molar-refractivity contribution in [3.63, 3.8) is 0 Å². The molecule has 0 spiro atoms. The number of imidazole rings is 1. The van der Waals surface area contributed by atoms with Gasteiger partial charge in [0.1, 0.15) is 17.7 Å². The molecule has 4 N–H and O–H groups in total. The van der Waals surface area contributed by atoms with Crippen LogP contribution < -0.4 is 11.4 Å². The van der Waals surface area contributed by atoms with Crippen molar-refractivity contribution in [2.75, 3.05) is 5.73 Å². The molecule has 1 aliphatic heterocycles. The van der Waals surface area contributed by atoms with Crippen molar-refractivity contribution in [1.82, 2.24) is 19.1 Å². The Balaban J connectivity index is 2.21. The number of fused-ring (bicyclic) bond motifs is 1. The van der Waals surface area contributed by atoms with E-state index in [-0.39, 0.29) is 35.2 Å². The normalized spacial score (nSPS) is 26.9. The molecule has 3 rings (SSSR count). The van der Waals surface area contributed by atoms with E-state index in [4.69, 9.17) is 28.5 Å². The van der Waals surface area contributed by atoms with Crippen molar-refractivity contribution in [3.05, 3.63) is 15.6 Å². The van der Waals surface area contributed by atoms with Gasteiger partial charge in [0.05, 0.1) is 12.6 Å². The molecular weight excluding hydrogens is 369 g/mol. The number of nitrogen functional groups attached to an aromatic ring is 1. The van der Waals surface area contributed by atoms with Crippen LogP contribution in [0.5, 0.6) is 0 Å². The van der Waals surface area contributed by atoms with Gasteiger partial charge in [0.2, 0.25) is 5.95 Å². The van der Waals surface area contributed by atoms with Gasteiger partial charge in [-0.25, -0.2) is 13.8 Å². The van der Waals surface area contributed by atoms with Crippen LogP contribution in [0.15, 0.2) is 4.79 Å². The minimum Gasteiger partial charge on any atom is -0.390 e. The Morgan fingerprint density at radius 1 is 1.54 bits per heavy atom. The Labute approximate surface area is 152 Å². The second-order valence-electron chi connectivity index (χ2n) is 5.89. The quantitative estimate of drug-likeness (QED) is 0.492. The first kappa shape index (κ1) is 18.6. The maximum absolute atomic E-state index is 14.4. The Morgan fingerprint density at radius 3 is 2.85 bits per heavy atom. The third kappa shape index (κ3) is 2.73. The fourth-order valence-corrected chi connectivity index (χ4v) is 3.31. The number of hydrogen-bond acceptors (Lipinski definition) is 7. The van der Waals surface area contributed by atoms with Crippen LogP contribution in [0.4, 0.5) is 10.3 Å². The number of nitrogens with zero attached hydrogens (tertiary/aromatic N) is 4. The van der Waals surface area contributed by atoms with Gasteiger partial charge in [-0.2, -0.15) is 9.97 Å². The summed E-state index contributed by atoms with van der Waals surface area (Å²) >= 11 is 6.07. The van der Waals surface area contributed by atoms with Crippen LogP contribution in [0.2, 0.25) is 5.15 Å². The van der Waals surface area contributed by atoms with Crippen molar-refractivity contribution >= 4 is 28.7 Å². The standard InChI is InChI=1S/C15H17ClFN5O4/c1-3-5-21-8-11(16)19-14(18)20-12(8)22(15(21)25)13-9(24)7(17)10(26-13)6(23)4-2/h1,6-7,9-10,13,23-24H,4-5H2,2H3,(H2,18,19,20)/t6?,7-,9-,10-,13-/m1/s1. The molecule has 0 amide bonds. The number of aliphatic hydroxyl groups excluding tert-OH is 2. The van der Waals surface area contributed by atoms with Crippen molar-refractivity contribution in [2.45, 2.75) is 50.6 Å². The lowest BCUT2D eigenvalue weighted by molar-refractivity contribution is -0.0799. The van der Waals surface area contributed by atoms with Gasteiger partial charge in [-0.05, 0) is 6.42 Å². The Bertz CT molecular complexity index is 939. The van der Waals surface area contributed by atoms with E-state index in [1.807, 2.05) is 0 Å². The molecule has 0 saturated carbocycles. The predicted molar refractivity (Wildman–Crippen MR) is 91.2 cm³/mol. The highest BCUT2D eigenvalue weighted by molar-refractivity contribution is 6.33. The molecule has 140 valence electrons. The average molecular weight is 386 g/mol. The van der Waals surface area contributed by atoms with Gasteiger partial charge in [0.25, 0.3) is 0 Å². The minimum absolute atomic E-state index is 0.0503. The van der Waals surface area contributed by atoms with Crippen LogP contribution in [0.25, 0.3) is 11.2 Å². The summed E-state index contributed by atoms with van der Waals surface area (Å²) < 4.78 is 21.9. The van der Waals surface area contributed by atoms with E-state index in [2.05, 4.69) is 15.9 Å². The highest BCUT2D eigenvalue weighted by Crippen LogP contribution is 2.35. The zero-order valence-corrected chi connectivity index (χ0v) is 14.5. The second-order valence-corrected chi connectivity index (χ2v) is 6.25. The molecule has 9 nitrogen and oxygen atoms in total. The van der Waals surface area contributed by atoms with Gasteiger partial charge in [0.15, 0.2) is 23.2 Å². The number of alkyl halides is 1. The third-order valence-electron chi connectivity index (χ3n) is 4.31. The van der Waals surface area contributed by atoms with Crippen LogP contribution in [-0.4, -0.2) is 53.8 Å². The number of rotatable bonds is 4. The van der Waals surface area contributed by atoms with Crippen molar-refractivity contribution in [2.24, 2.45) is 0 Å². The molecule has 0 radical (unpaired) electrons. The summed E-state index contributed by atoms with van der Waals surface area (Å²) in [7, 11) is 0. The van der Waals surface area contributed by atoms with E-state index in [9.17, 15) is 19.4 Å². The predicted octanol–water partition coefficient (Wildman–Crippen LogP) is -0.171. The molecule has 1 saturated heterocycles. The average Bonchev–Trinajstić information content (AvgIpc) is 3.03. The Morgan fingerprint density at radius 2 is 2.23 bits per heavy atom. The molecule has 2 aromatic heterocycles. The van der Waals surface area contributed by atoms with Crippen LogP contribution in [-0.2, 0) is 11.3 Å². The molecule has 11 heteroatoms. The summed E-state index contributed by atoms with van der Waals surface area (Å²) in [6.45, 7) is 1.48. The largest absolute Gasteiger partial charge is 0.390 e. The number of halogens is 2. The van der Waals surface area contributed by atoms with Crippen LogP contribution >= 0.6 is 11.6 Å². The fourth-order valence-electron chi connectivity index (χ4n) is 3.03. The van der Waals surface area contributed by atoms with E-state index < -0.39 is 36.4 Å². The molecule has 1 aliphatic rings. The molecule has 0 bridgehead atoms. The van der Waals surface area contributed by atoms with Crippen molar-refractivity contribution in [1.29, 1.82) is 0 Å². The SMILES string of the molecule is C#CCn1c(=O)n([C@@H]2O[C@H](C(O)CC)[C@H](F)[C@H]2O)c2nc(N)nc(Cl)c21. The zero-order chi connectivity index (χ0) is 19.2. The van der Waals surface area contributed by atoms with Crippen LogP contribution in [0.3, 0.4) is 0 Å². The zero-order valence-electron chi connectivity index (χ0n) is 13.7. The maximum Gasteiger partial charge on any atom is 0.333 e. The lowest BCUT2D eigenvalue weighted by Gasteiger charge is -2.18. The van der Waals surface area contributed by atoms with Crippen LogP contribution in [0, 0.1) is 12.3 Å². The molecule has 2 aromatic rings. The van der Waals surface area contributed by atoms with E-state index in [0.717, 1.165) is 9.13 Å². The molecule has 0 aliphatic carbocycles. The highest BCUT2D eigenvalue weighted by atomic mass is 35.5. The summed E-state index contributed by atoms with van der Waals surface area (Å²) in [6.07, 6.45) is -1.99. The number of aliphatic hydroxyl groups is 2. The molecule has 26 heavy (non-hydrogen) atoms. The van der Waals surface area contributed by atoms with Gasteiger partial charge >= 0.3 is 5.69 Å². The second kappa shape index (κ2) is 6.85. The third-order valence-corrected chi connectivity index (χ3v) is 4.57. The van der Waals surface area contributed by atoms with Crippen LogP contribution in [0.1, 0.15) is 19.6 Å². The van der Waals surface area contributed by atoms with E-state index in [1.54, 1.807) is 6.92 Å². The number of anilines is 1. The first-order valence-electron chi connectivity index (χ1n) is 7.84. The van der Waals surface area contributed by atoms with Gasteiger partial charge in [-0.15, -0.1) is 6.42 Å². The van der Waals surface area contributed by atoms with Gasteiger partial charge in [-0.3, -0.25) is 4.57 Å². The smallest absolute Gasteiger partial charge is 0.333 e. The summed E-state index contributed by atoms with van der Waals surface area (Å²) in [5.41, 5.74) is 4.92. The van der Waals surface area contributed by atoms with E-state index in [0.29, 0.717) is 0 Å². The molecular formula is C15H17ClFN5O4. The number of terminal acetylenes is 1. The molecule has 5 atom stereocenters. The minimum atomic E-state index is -1.90. The van der Waals surface area contributed by atoms with Crippen molar-refractivity contribution in [3.8, 4) is 12.3 Å². The Kier molecular flexibility index (Phi) is 4.90. The first-order chi connectivity index (χ1) is 12.3. The monoisotopic (exact) mass is 385 g/mol. The molecule has 3 heterocycles.